The predicted octanol–water partition coefficient (Wildman–Crippen LogP) is 5.33. The Morgan fingerprint density at radius 1 is 1.00 bits per heavy atom. The van der Waals surface area contributed by atoms with E-state index in [0.717, 1.165) is 16.0 Å². The molecule has 0 aliphatic carbocycles. The first kappa shape index (κ1) is 19.2. The molecule has 4 rings (SSSR count). The number of nitrogens with one attached hydrogen (secondary N) is 1. The second kappa shape index (κ2) is 8.05. The monoisotopic (exact) mass is 402 g/mol. The minimum atomic E-state index is -0.645. The molecule has 29 heavy (non-hydrogen) atoms. The molecule has 0 atom stereocenters. The van der Waals surface area contributed by atoms with Crippen LogP contribution in [0.15, 0.2) is 82.6 Å². The van der Waals surface area contributed by atoms with Gasteiger partial charge in [0.15, 0.2) is 0 Å². The van der Waals surface area contributed by atoms with Crippen LogP contribution in [-0.2, 0) is 16.8 Å². The standard InChI is InChI=1S/C24H22N2O2S/c1-17-20(25-23(28-17)21-14-9-15-29-21)16-22(27)26-24(2,18-10-5-3-6-11-18)19-12-7-4-8-13-19/h3-15H,16H2,1-2H3,(H,26,27). The van der Waals surface area contributed by atoms with E-state index in [0.29, 0.717) is 17.3 Å². The first-order valence-corrected chi connectivity index (χ1v) is 10.4. The maximum Gasteiger partial charge on any atom is 0.236 e. The van der Waals surface area contributed by atoms with Gasteiger partial charge in [0.05, 0.1) is 22.5 Å². The van der Waals surface area contributed by atoms with Gasteiger partial charge >= 0.3 is 0 Å². The summed E-state index contributed by atoms with van der Waals surface area (Å²) in [7, 11) is 0. The number of carbonyl (C=O) groups is 1. The first-order valence-electron chi connectivity index (χ1n) is 9.48. The van der Waals surface area contributed by atoms with Crippen molar-refractivity contribution in [3.63, 3.8) is 0 Å². The van der Waals surface area contributed by atoms with Gasteiger partial charge < -0.3 is 9.73 Å². The zero-order valence-electron chi connectivity index (χ0n) is 16.4. The molecule has 0 fully saturated rings. The second-order valence-electron chi connectivity index (χ2n) is 7.08. The van der Waals surface area contributed by atoms with E-state index in [1.807, 2.05) is 92.0 Å². The van der Waals surface area contributed by atoms with Crippen molar-refractivity contribution < 1.29 is 9.21 Å². The highest BCUT2D eigenvalue weighted by Crippen LogP contribution is 2.30. The third-order valence-corrected chi connectivity index (χ3v) is 5.90. The van der Waals surface area contributed by atoms with Gasteiger partial charge in [-0.2, -0.15) is 0 Å². The van der Waals surface area contributed by atoms with Crippen molar-refractivity contribution in [1.82, 2.24) is 10.3 Å². The van der Waals surface area contributed by atoms with E-state index in [4.69, 9.17) is 4.42 Å². The average molecular weight is 403 g/mol. The lowest BCUT2D eigenvalue weighted by atomic mass is 9.84. The third-order valence-electron chi connectivity index (χ3n) is 5.04. The molecule has 0 unspecified atom stereocenters. The van der Waals surface area contributed by atoms with Gasteiger partial charge in [0.2, 0.25) is 11.8 Å². The number of carbonyl (C=O) groups excluding carboxylic acids is 1. The highest BCUT2D eigenvalue weighted by molar-refractivity contribution is 7.13. The normalized spacial score (nSPS) is 11.4. The highest BCUT2D eigenvalue weighted by Gasteiger charge is 2.31. The minimum absolute atomic E-state index is 0.102. The molecule has 2 aromatic carbocycles. The van der Waals surface area contributed by atoms with Crippen LogP contribution in [0.5, 0.6) is 0 Å². The van der Waals surface area contributed by atoms with Crippen molar-refractivity contribution >= 4 is 17.2 Å². The molecule has 5 heteroatoms. The fourth-order valence-corrected chi connectivity index (χ4v) is 4.08. The van der Waals surface area contributed by atoms with E-state index in [1.165, 1.54) is 0 Å². The average Bonchev–Trinajstić information content (AvgIpc) is 3.39. The number of hydrogen-bond acceptors (Lipinski definition) is 4. The minimum Gasteiger partial charge on any atom is -0.440 e. The van der Waals surface area contributed by atoms with E-state index >= 15 is 0 Å². The van der Waals surface area contributed by atoms with Gasteiger partial charge in [0.25, 0.3) is 0 Å². The third kappa shape index (κ3) is 4.00. The molecule has 0 spiro atoms. The predicted molar refractivity (Wildman–Crippen MR) is 116 cm³/mol. The van der Waals surface area contributed by atoms with Gasteiger partial charge in [-0.3, -0.25) is 4.79 Å². The molecule has 0 aliphatic heterocycles. The zero-order valence-corrected chi connectivity index (χ0v) is 17.2. The van der Waals surface area contributed by atoms with Crippen molar-refractivity contribution in [1.29, 1.82) is 0 Å². The lowest BCUT2D eigenvalue weighted by Gasteiger charge is -2.32. The summed E-state index contributed by atoms with van der Waals surface area (Å²) in [4.78, 5) is 18.5. The molecule has 0 bridgehead atoms. The Morgan fingerprint density at radius 2 is 1.62 bits per heavy atom. The van der Waals surface area contributed by atoms with Crippen molar-refractivity contribution in [3.05, 3.63) is 101 Å². The van der Waals surface area contributed by atoms with Crippen LogP contribution in [-0.4, -0.2) is 10.9 Å². The van der Waals surface area contributed by atoms with Crippen LogP contribution >= 0.6 is 11.3 Å². The smallest absolute Gasteiger partial charge is 0.236 e. The van der Waals surface area contributed by atoms with Gasteiger partial charge in [-0.25, -0.2) is 4.98 Å². The quantitative estimate of drug-likeness (QED) is 0.474. The fourth-order valence-electron chi connectivity index (χ4n) is 3.43. The number of aromatic nitrogens is 1. The molecule has 4 aromatic rings. The summed E-state index contributed by atoms with van der Waals surface area (Å²) < 4.78 is 5.78. The second-order valence-corrected chi connectivity index (χ2v) is 8.03. The van der Waals surface area contributed by atoms with E-state index < -0.39 is 5.54 Å². The molecular weight excluding hydrogens is 380 g/mol. The Hall–Kier alpha value is -3.18. The number of aryl methyl sites for hydroxylation is 1. The van der Waals surface area contributed by atoms with E-state index in [9.17, 15) is 4.79 Å². The number of nitrogens with zero attached hydrogens (tertiary/aromatic N) is 1. The maximum atomic E-state index is 13.0. The molecule has 0 saturated heterocycles. The summed E-state index contributed by atoms with van der Waals surface area (Å²) in [5, 5.41) is 5.21. The number of oxazole rings is 1. The number of amides is 1. The molecule has 2 aromatic heterocycles. The molecular formula is C24H22N2O2S. The summed E-state index contributed by atoms with van der Waals surface area (Å²) in [6.07, 6.45) is 0.163. The van der Waals surface area contributed by atoms with Crippen LogP contribution in [0.2, 0.25) is 0 Å². The van der Waals surface area contributed by atoms with E-state index in [-0.39, 0.29) is 12.3 Å². The summed E-state index contributed by atoms with van der Waals surface area (Å²) in [5.41, 5.74) is 2.06. The molecule has 1 amide bonds. The lowest BCUT2D eigenvalue weighted by molar-refractivity contribution is -0.121. The largest absolute Gasteiger partial charge is 0.440 e. The molecule has 1 N–H and O–H groups in total. The fraction of sp³-hybridized carbons (Fsp3) is 0.167. The Labute approximate surface area is 174 Å². The first-order chi connectivity index (χ1) is 14.1. The number of benzene rings is 2. The van der Waals surface area contributed by atoms with E-state index in [2.05, 4.69) is 10.3 Å². The van der Waals surface area contributed by atoms with Gasteiger partial charge in [-0.15, -0.1) is 11.3 Å². The molecule has 4 nitrogen and oxygen atoms in total. The summed E-state index contributed by atoms with van der Waals surface area (Å²) >= 11 is 1.56. The lowest BCUT2D eigenvalue weighted by Crippen LogP contribution is -2.45. The topological polar surface area (TPSA) is 55.1 Å². The molecule has 146 valence electrons. The Kier molecular flexibility index (Phi) is 5.32. The number of thiophene rings is 1. The van der Waals surface area contributed by atoms with Gasteiger partial charge in [-0.1, -0.05) is 66.7 Å². The highest BCUT2D eigenvalue weighted by atomic mass is 32.1. The van der Waals surface area contributed by atoms with Crippen molar-refractivity contribution in [3.8, 4) is 10.8 Å². The van der Waals surface area contributed by atoms with Crippen LogP contribution < -0.4 is 5.32 Å². The molecule has 0 radical (unpaired) electrons. The van der Waals surface area contributed by atoms with Crippen molar-refractivity contribution in [2.24, 2.45) is 0 Å². The molecule has 0 aliphatic rings. The Bertz CT molecular complexity index is 1050. The van der Waals surface area contributed by atoms with Gasteiger partial charge in [0, 0.05) is 0 Å². The van der Waals surface area contributed by atoms with Gasteiger partial charge in [-0.05, 0) is 36.4 Å². The van der Waals surface area contributed by atoms with Crippen LogP contribution in [0.3, 0.4) is 0 Å². The zero-order chi connectivity index (χ0) is 20.3. The van der Waals surface area contributed by atoms with E-state index in [1.54, 1.807) is 11.3 Å². The van der Waals surface area contributed by atoms with Crippen LogP contribution in [0.4, 0.5) is 0 Å². The van der Waals surface area contributed by atoms with Crippen LogP contribution in [0, 0.1) is 6.92 Å². The SMILES string of the molecule is Cc1oc(-c2cccs2)nc1CC(=O)NC(C)(c1ccccc1)c1ccccc1. The van der Waals surface area contributed by atoms with Crippen molar-refractivity contribution in [2.75, 3.05) is 0 Å². The van der Waals surface area contributed by atoms with Crippen LogP contribution in [0.1, 0.15) is 29.5 Å². The Balaban J connectivity index is 1.60. The van der Waals surface area contributed by atoms with Crippen molar-refractivity contribution in [2.45, 2.75) is 25.8 Å². The number of hydrogen-bond donors (Lipinski definition) is 1. The molecule has 2 heterocycles. The maximum absolute atomic E-state index is 13.0. The number of rotatable bonds is 6. The summed E-state index contributed by atoms with van der Waals surface area (Å²) in [6.45, 7) is 3.88. The summed E-state index contributed by atoms with van der Waals surface area (Å²) in [5.74, 6) is 1.13. The summed E-state index contributed by atoms with van der Waals surface area (Å²) in [6, 6.07) is 23.9. The van der Waals surface area contributed by atoms with Crippen LogP contribution in [0.25, 0.3) is 10.8 Å². The Morgan fingerprint density at radius 3 is 2.17 bits per heavy atom. The molecule has 0 saturated carbocycles. The van der Waals surface area contributed by atoms with Gasteiger partial charge in [0.1, 0.15) is 5.76 Å².